The summed E-state index contributed by atoms with van der Waals surface area (Å²) < 4.78 is 38.8. The summed E-state index contributed by atoms with van der Waals surface area (Å²) in [6, 6.07) is 9.94. The van der Waals surface area contributed by atoms with Gasteiger partial charge in [-0.1, -0.05) is 24.6 Å². The van der Waals surface area contributed by atoms with Crippen molar-refractivity contribution in [1.29, 1.82) is 0 Å². The second-order valence-electron chi connectivity index (χ2n) is 6.99. The molecule has 30 heavy (non-hydrogen) atoms. The number of halogens is 4. The maximum absolute atomic E-state index is 12.9. The van der Waals surface area contributed by atoms with Gasteiger partial charge in [-0.25, -0.2) is 0 Å². The molecule has 160 valence electrons. The van der Waals surface area contributed by atoms with E-state index in [4.69, 9.17) is 11.6 Å². The van der Waals surface area contributed by atoms with Gasteiger partial charge in [-0.2, -0.15) is 13.2 Å². The number of amides is 2. The standard InChI is InChI=1S/C21H20ClF3N2O2S/c1-2-18(20(29)27-17-10-13(21(23,24)25)8-9-16(17)22)30-15-5-3-4-14(11-15)26-19(28)12-6-7-12/h3-5,8-12,18H,2,6-7H2,1H3,(H,26,28)(H,27,29). The van der Waals surface area contributed by atoms with Crippen molar-refractivity contribution >= 4 is 46.6 Å². The number of benzene rings is 2. The van der Waals surface area contributed by atoms with Crippen molar-refractivity contribution in [3.05, 3.63) is 53.1 Å². The lowest BCUT2D eigenvalue weighted by molar-refractivity contribution is -0.137. The minimum atomic E-state index is -4.53. The molecule has 1 fully saturated rings. The zero-order chi connectivity index (χ0) is 21.9. The van der Waals surface area contributed by atoms with Crippen molar-refractivity contribution in [3.8, 4) is 0 Å². The van der Waals surface area contributed by atoms with Crippen LogP contribution in [0.1, 0.15) is 31.7 Å². The monoisotopic (exact) mass is 456 g/mol. The molecule has 1 aliphatic carbocycles. The van der Waals surface area contributed by atoms with Gasteiger partial charge >= 0.3 is 6.18 Å². The molecule has 1 atom stereocenters. The molecule has 1 saturated carbocycles. The molecule has 0 heterocycles. The van der Waals surface area contributed by atoms with E-state index < -0.39 is 22.9 Å². The summed E-state index contributed by atoms with van der Waals surface area (Å²) in [7, 11) is 0. The first-order valence-corrected chi connectivity index (χ1v) is 10.7. The molecule has 9 heteroatoms. The summed E-state index contributed by atoms with van der Waals surface area (Å²) in [6.07, 6.45) is -2.28. The maximum Gasteiger partial charge on any atom is 0.416 e. The van der Waals surface area contributed by atoms with Crippen molar-refractivity contribution < 1.29 is 22.8 Å². The normalized spacial score (nSPS) is 14.8. The van der Waals surface area contributed by atoms with E-state index in [-0.39, 0.29) is 22.5 Å². The van der Waals surface area contributed by atoms with Crippen LogP contribution in [-0.2, 0) is 15.8 Å². The van der Waals surface area contributed by atoms with E-state index >= 15 is 0 Å². The first-order valence-electron chi connectivity index (χ1n) is 9.42. The SMILES string of the molecule is CCC(Sc1cccc(NC(=O)C2CC2)c1)C(=O)Nc1cc(C(F)(F)F)ccc1Cl. The van der Waals surface area contributed by atoms with E-state index in [0.29, 0.717) is 12.1 Å². The van der Waals surface area contributed by atoms with Gasteiger partial charge in [0, 0.05) is 16.5 Å². The highest BCUT2D eigenvalue weighted by Gasteiger charge is 2.31. The summed E-state index contributed by atoms with van der Waals surface area (Å²) in [5.74, 6) is -0.384. The fourth-order valence-corrected chi connectivity index (χ4v) is 3.91. The number of nitrogens with one attached hydrogen (secondary N) is 2. The van der Waals surface area contributed by atoms with Crippen LogP contribution in [0, 0.1) is 5.92 Å². The molecule has 3 rings (SSSR count). The van der Waals surface area contributed by atoms with Crippen LogP contribution in [0.15, 0.2) is 47.4 Å². The fraction of sp³-hybridized carbons (Fsp3) is 0.333. The molecule has 0 bridgehead atoms. The summed E-state index contributed by atoms with van der Waals surface area (Å²) in [5.41, 5.74) is -0.323. The molecular weight excluding hydrogens is 437 g/mol. The lowest BCUT2D eigenvalue weighted by Crippen LogP contribution is -2.25. The third kappa shape index (κ3) is 5.92. The van der Waals surface area contributed by atoms with E-state index in [1.165, 1.54) is 11.8 Å². The first-order chi connectivity index (χ1) is 14.2. The summed E-state index contributed by atoms with van der Waals surface area (Å²) >= 11 is 7.24. The molecule has 0 radical (unpaired) electrons. The van der Waals surface area contributed by atoms with Crippen LogP contribution in [0.3, 0.4) is 0 Å². The third-order valence-electron chi connectivity index (χ3n) is 4.54. The van der Waals surface area contributed by atoms with Crippen LogP contribution < -0.4 is 10.6 Å². The number of thioether (sulfide) groups is 1. The van der Waals surface area contributed by atoms with Crippen molar-refractivity contribution in [1.82, 2.24) is 0 Å². The van der Waals surface area contributed by atoms with Crippen LogP contribution >= 0.6 is 23.4 Å². The topological polar surface area (TPSA) is 58.2 Å². The summed E-state index contributed by atoms with van der Waals surface area (Å²) in [4.78, 5) is 25.4. The van der Waals surface area contributed by atoms with Gasteiger partial charge in [-0.3, -0.25) is 9.59 Å². The zero-order valence-corrected chi connectivity index (χ0v) is 17.6. The maximum atomic E-state index is 12.9. The van der Waals surface area contributed by atoms with Crippen molar-refractivity contribution in [2.45, 2.75) is 42.5 Å². The van der Waals surface area contributed by atoms with Crippen molar-refractivity contribution in [2.75, 3.05) is 10.6 Å². The van der Waals surface area contributed by atoms with Gasteiger partial charge in [-0.05, 0) is 55.7 Å². The number of alkyl halides is 3. The van der Waals surface area contributed by atoms with E-state index in [9.17, 15) is 22.8 Å². The third-order valence-corrected chi connectivity index (χ3v) is 6.23. The number of hydrogen-bond acceptors (Lipinski definition) is 3. The molecule has 0 spiro atoms. The fourth-order valence-electron chi connectivity index (χ4n) is 2.73. The molecular formula is C21H20ClF3N2O2S. The average Bonchev–Trinajstić information content (AvgIpc) is 3.52. The molecule has 2 amide bonds. The van der Waals surface area contributed by atoms with Gasteiger partial charge < -0.3 is 10.6 Å². The van der Waals surface area contributed by atoms with Gasteiger partial charge in [0.05, 0.1) is 21.5 Å². The predicted molar refractivity (Wildman–Crippen MR) is 113 cm³/mol. The Morgan fingerprint density at radius 3 is 2.53 bits per heavy atom. The molecule has 4 nitrogen and oxygen atoms in total. The van der Waals surface area contributed by atoms with E-state index in [2.05, 4.69) is 10.6 Å². The molecule has 0 aliphatic heterocycles. The van der Waals surface area contributed by atoms with Crippen LogP contribution in [-0.4, -0.2) is 17.1 Å². The molecule has 2 N–H and O–H groups in total. The number of anilines is 2. The summed E-state index contributed by atoms with van der Waals surface area (Å²) in [6.45, 7) is 1.81. The number of hydrogen-bond donors (Lipinski definition) is 2. The Bertz CT molecular complexity index is 948. The second kappa shape index (κ2) is 9.31. The lowest BCUT2D eigenvalue weighted by atomic mass is 10.2. The van der Waals surface area contributed by atoms with E-state index in [1.807, 2.05) is 13.0 Å². The highest BCUT2D eigenvalue weighted by atomic mass is 35.5. The van der Waals surface area contributed by atoms with Gasteiger partial charge in [0.1, 0.15) is 0 Å². The molecule has 2 aromatic rings. The van der Waals surface area contributed by atoms with Gasteiger partial charge in [0.15, 0.2) is 0 Å². The lowest BCUT2D eigenvalue weighted by Gasteiger charge is -2.17. The first kappa shape index (κ1) is 22.5. The van der Waals surface area contributed by atoms with Crippen molar-refractivity contribution in [2.24, 2.45) is 5.92 Å². The Morgan fingerprint density at radius 1 is 1.17 bits per heavy atom. The highest BCUT2D eigenvalue weighted by Crippen LogP contribution is 2.35. The number of carbonyl (C=O) groups excluding carboxylic acids is 2. The Morgan fingerprint density at radius 2 is 1.90 bits per heavy atom. The Balaban J connectivity index is 1.69. The van der Waals surface area contributed by atoms with E-state index in [0.717, 1.165) is 35.9 Å². The Hall–Kier alpha value is -2.19. The largest absolute Gasteiger partial charge is 0.416 e. The van der Waals surface area contributed by atoms with Crippen molar-refractivity contribution in [3.63, 3.8) is 0 Å². The van der Waals surface area contributed by atoms with Crippen LogP contribution in [0.5, 0.6) is 0 Å². The average molecular weight is 457 g/mol. The molecule has 0 aromatic heterocycles. The smallest absolute Gasteiger partial charge is 0.326 e. The molecule has 2 aromatic carbocycles. The highest BCUT2D eigenvalue weighted by molar-refractivity contribution is 8.00. The van der Waals surface area contributed by atoms with Crippen LogP contribution in [0.4, 0.5) is 24.5 Å². The predicted octanol–water partition coefficient (Wildman–Crippen LogP) is 6.22. The summed E-state index contributed by atoms with van der Waals surface area (Å²) in [5, 5.41) is 4.84. The molecule has 1 unspecified atom stereocenters. The van der Waals surface area contributed by atoms with Crippen LogP contribution in [0.25, 0.3) is 0 Å². The minimum absolute atomic E-state index is 0.0128. The number of rotatable bonds is 7. The molecule has 0 saturated heterocycles. The van der Waals surface area contributed by atoms with Gasteiger partial charge in [0.2, 0.25) is 11.8 Å². The second-order valence-corrected chi connectivity index (χ2v) is 8.67. The Kier molecular flexibility index (Phi) is 6.98. The Labute approximate surface area is 181 Å². The minimum Gasteiger partial charge on any atom is -0.326 e. The van der Waals surface area contributed by atoms with E-state index in [1.54, 1.807) is 18.2 Å². The quantitative estimate of drug-likeness (QED) is 0.486. The van der Waals surface area contributed by atoms with Gasteiger partial charge in [-0.15, -0.1) is 11.8 Å². The molecule has 1 aliphatic rings. The zero-order valence-electron chi connectivity index (χ0n) is 16.1. The number of carbonyl (C=O) groups is 2. The van der Waals surface area contributed by atoms with Crippen LogP contribution in [0.2, 0.25) is 5.02 Å². The van der Waals surface area contributed by atoms with Gasteiger partial charge in [0.25, 0.3) is 0 Å².